The average Bonchev–Trinajstić information content (AvgIpc) is 2.92. The van der Waals surface area contributed by atoms with Gasteiger partial charge in [-0.3, -0.25) is 4.90 Å². The van der Waals surface area contributed by atoms with Crippen molar-refractivity contribution in [1.29, 1.82) is 0 Å². The second kappa shape index (κ2) is 5.24. The Balaban J connectivity index is 0.000000636. The molecule has 0 aliphatic carbocycles. The van der Waals surface area contributed by atoms with E-state index in [4.69, 9.17) is 5.11 Å². The van der Waals surface area contributed by atoms with Crippen molar-refractivity contribution in [3.63, 3.8) is 0 Å². The monoisotopic (exact) mass is 292 g/mol. The molecule has 3 heterocycles. The summed E-state index contributed by atoms with van der Waals surface area (Å²) in [7, 11) is 3.09. The fourth-order valence-electron chi connectivity index (χ4n) is 3.38. The number of aliphatic hydroxyl groups excluding tert-OH is 1. The predicted octanol–water partition coefficient (Wildman–Crippen LogP) is 2.63. The van der Waals surface area contributed by atoms with Crippen LogP contribution in [0, 0.1) is 11.6 Å². The summed E-state index contributed by atoms with van der Waals surface area (Å²) >= 11 is 0. The molecule has 1 unspecified atom stereocenters. The van der Waals surface area contributed by atoms with Crippen molar-refractivity contribution in [1.82, 2.24) is 9.47 Å². The summed E-state index contributed by atoms with van der Waals surface area (Å²) in [6.45, 7) is 1.82. The fourth-order valence-corrected chi connectivity index (χ4v) is 3.38. The van der Waals surface area contributed by atoms with Gasteiger partial charge in [0.05, 0.1) is 11.6 Å². The number of halogens is 2. The van der Waals surface area contributed by atoms with Crippen LogP contribution in [0.3, 0.4) is 0 Å². The minimum atomic E-state index is -0.755. The van der Waals surface area contributed by atoms with Crippen LogP contribution in [0.25, 0.3) is 16.5 Å². The Morgan fingerprint density at radius 1 is 1.29 bits per heavy atom. The Hall–Kier alpha value is -1.72. The van der Waals surface area contributed by atoms with E-state index in [0.717, 1.165) is 43.3 Å². The van der Waals surface area contributed by atoms with Crippen molar-refractivity contribution in [3.05, 3.63) is 41.6 Å². The van der Waals surface area contributed by atoms with Gasteiger partial charge >= 0.3 is 0 Å². The first-order chi connectivity index (χ1) is 10.2. The van der Waals surface area contributed by atoms with E-state index >= 15 is 0 Å². The maximum atomic E-state index is 13.8. The van der Waals surface area contributed by atoms with Crippen molar-refractivity contribution in [3.8, 4) is 0 Å². The minimum Gasteiger partial charge on any atom is -0.400 e. The van der Waals surface area contributed by atoms with Crippen molar-refractivity contribution in [2.45, 2.75) is 19.0 Å². The van der Waals surface area contributed by atoms with Gasteiger partial charge in [-0.05, 0) is 31.2 Å². The van der Waals surface area contributed by atoms with E-state index in [9.17, 15) is 8.78 Å². The highest BCUT2D eigenvalue weighted by molar-refractivity contribution is 5.95. The van der Waals surface area contributed by atoms with Crippen LogP contribution in [0.1, 0.15) is 12.0 Å². The van der Waals surface area contributed by atoms with Gasteiger partial charge in [0.2, 0.25) is 0 Å². The summed E-state index contributed by atoms with van der Waals surface area (Å²) in [6, 6.07) is 3.29. The maximum Gasteiger partial charge on any atom is 0.168 e. The standard InChI is InChI=1S/C15H14F2N2.CH4O/c1-18-5-2-3-9-11-7-12(16)14(17)10-4-6-19(15(10)11)8-13(9)18;1-2/h3-4,6-7,13H,2,5,8H2,1H3;2H,1H3. The van der Waals surface area contributed by atoms with Crippen LogP contribution in [-0.4, -0.2) is 41.3 Å². The van der Waals surface area contributed by atoms with E-state index in [1.165, 1.54) is 6.07 Å². The zero-order chi connectivity index (χ0) is 15.1. The smallest absolute Gasteiger partial charge is 0.168 e. The summed E-state index contributed by atoms with van der Waals surface area (Å²) in [5.41, 5.74) is 2.82. The maximum absolute atomic E-state index is 13.8. The van der Waals surface area contributed by atoms with E-state index in [2.05, 4.69) is 18.0 Å². The second-order valence-electron chi connectivity index (χ2n) is 5.39. The number of hydrogen-bond acceptors (Lipinski definition) is 2. The summed E-state index contributed by atoms with van der Waals surface area (Å²) in [5, 5.41) is 7.39. The molecule has 2 aliphatic heterocycles. The van der Waals surface area contributed by atoms with Crippen molar-refractivity contribution in [2.75, 3.05) is 20.7 Å². The van der Waals surface area contributed by atoms with E-state index in [1.807, 2.05) is 10.8 Å². The van der Waals surface area contributed by atoms with Crippen molar-refractivity contribution in [2.24, 2.45) is 0 Å². The number of likely N-dealkylation sites (N-methyl/N-ethyl adjacent to an activating group) is 1. The molecule has 2 aliphatic rings. The first-order valence-electron chi connectivity index (χ1n) is 6.99. The molecular weight excluding hydrogens is 274 g/mol. The molecule has 1 aromatic heterocycles. The molecule has 0 saturated heterocycles. The molecule has 0 saturated carbocycles. The molecule has 3 nitrogen and oxygen atoms in total. The molecule has 0 fully saturated rings. The Morgan fingerprint density at radius 3 is 2.81 bits per heavy atom. The first-order valence-corrected chi connectivity index (χ1v) is 6.99. The van der Waals surface area contributed by atoms with Gasteiger partial charge in [0, 0.05) is 37.3 Å². The number of benzene rings is 1. The zero-order valence-electron chi connectivity index (χ0n) is 12.1. The highest BCUT2D eigenvalue weighted by Gasteiger charge is 2.31. The van der Waals surface area contributed by atoms with Crippen LogP contribution in [0.4, 0.5) is 8.78 Å². The third-order valence-electron chi connectivity index (χ3n) is 4.35. The number of aromatic nitrogens is 1. The van der Waals surface area contributed by atoms with Crippen LogP contribution >= 0.6 is 0 Å². The number of aliphatic hydroxyl groups is 1. The van der Waals surface area contributed by atoms with E-state index in [0.29, 0.717) is 5.39 Å². The topological polar surface area (TPSA) is 28.4 Å². The van der Waals surface area contributed by atoms with Crippen LogP contribution in [0.2, 0.25) is 0 Å². The molecule has 2 aromatic rings. The molecule has 4 rings (SSSR count). The minimum absolute atomic E-state index is 0.265. The molecule has 112 valence electrons. The number of hydrogen-bond donors (Lipinski definition) is 1. The molecule has 5 heteroatoms. The molecule has 21 heavy (non-hydrogen) atoms. The second-order valence-corrected chi connectivity index (χ2v) is 5.39. The van der Waals surface area contributed by atoms with Crippen molar-refractivity contribution < 1.29 is 13.9 Å². The highest BCUT2D eigenvalue weighted by Crippen LogP contribution is 2.38. The first kappa shape index (κ1) is 14.2. The van der Waals surface area contributed by atoms with E-state index < -0.39 is 11.6 Å². The van der Waals surface area contributed by atoms with Gasteiger partial charge < -0.3 is 9.67 Å². The van der Waals surface area contributed by atoms with E-state index in [1.54, 1.807) is 6.07 Å². The van der Waals surface area contributed by atoms with Gasteiger partial charge in [-0.2, -0.15) is 0 Å². The zero-order valence-corrected chi connectivity index (χ0v) is 12.1. The Labute approximate surface area is 122 Å². The van der Waals surface area contributed by atoms with Crippen LogP contribution in [0.15, 0.2) is 24.4 Å². The Morgan fingerprint density at radius 2 is 2.05 bits per heavy atom. The lowest BCUT2D eigenvalue weighted by Crippen LogP contribution is -2.41. The summed E-state index contributed by atoms with van der Waals surface area (Å²) in [6.07, 6.45) is 4.99. The highest BCUT2D eigenvalue weighted by atomic mass is 19.2. The number of nitrogens with zero attached hydrogens (tertiary/aromatic N) is 2. The molecule has 1 aromatic carbocycles. The molecule has 0 spiro atoms. The van der Waals surface area contributed by atoms with Gasteiger partial charge in [0.15, 0.2) is 11.6 Å². The molecular formula is C16H18F2N2O. The average molecular weight is 292 g/mol. The molecule has 0 radical (unpaired) electrons. The number of fused-ring (bicyclic) bond motifs is 2. The largest absolute Gasteiger partial charge is 0.400 e. The molecule has 0 bridgehead atoms. The third kappa shape index (κ3) is 2.00. The van der Waals surface area contributed by atoms with Gasteiger partial charge in [-0.25, -0.2) is 8.78 Å². The normalized spacial score (nSPS) is 20.6. The van der Waals surface area contributed by atoms with Gasteiger partial charge in [-0.15, -0.1) is 0 Å². The fraction of sp³-hybridized carbons (Fsp3) is 0.375. The van der Waals surface area contributed by atoms with E-state index in [-0.39, 0.29) is 6.04 Å². The SMILES string of the molecule is CN1CCC=C2c3cc(F)c(F)c4ccn(c34)CC21.CO. The van der Waals surface area contributed by atoms with Crippen LogP contribution in [-0.2, 0) is 6.54 Å². The Kier molecular flexibility index (Phi) is 3.55. The van der Waals surface area contributed by atoms with Crippen LogP contribution in [0.5, 0.6) is 0 Å². The van der Waals surface area contributed by atoms with Gasteiger partial charge in [-0.1, -0.05) is 6.08 Å². The molecule has 1 atom stereocenters. The summed E-state index contributed by atoms with van der Waals surface area (Å²) in [5.74, 6) is -1.49. The molecule has 1 N–H and O–H groups in total. The van der Waals surface area contributed by atoms with Crippen molar-refractivity contribution >= 4 is 16.5 Å². The lowest BCUT2D eigenvalue weighted by molar-refractivity contribution is 0.260. The summed E-state index contributed by atoms with van der Waals surface area (Å²) in [4.78, 5) is 2.28. The summed E-state index contributed by atoms with van der Waals surface area (Å²) < 4.78 is 29.6. The van der Waals surface area contributed by atoms with Gasteiger partial charge in [0.1, 0.15) is 0 Å². The third-order valence-corrected chi connectivity index (χ3v) is 4.35. The predicted molar refractivity (Wildman–Crippen MR) is 79.0 cm³/mol. The lowest BCUT2D eigenvalue weighted by Gasteiger charge is -2.37. The molecule has 0 amide bonds. The van der Waals surface area contributed by atoms with Crippen LogP contribution < -0.4 is 0 Å². The lowest BCUT2D eigenvalue weighted by atomic mass is 9.89. The Bertz CT molecular complexity index is 721. The number of rotatable bonds is 0. The van der Waals surface area contributed by atoms with Gasteiger partial charge in [0.25, 0.3) is 0 Å². The quantitative estimate of drug-likeness (QED) is 0.808.